The van der Waals surface area contributed by atoms with Gasteiger partial charge >= 0.3 is 18.5 Å². The van der Waals surface area contributed by atoms with E-state index < -0.39 is 29.5 Å². The average Bonchev–Trinajstić information content (AvgIpc) is 2.12. The molecule has 0 saturated carbocycles. The van der Waals surface area contributed by atoms with Crippen LogP contribution in [-0.4, -0.2) is 18.5 Å². The van der Waals surface area contributed by atoms with Gasteiger partial charge in [-0.15, -0.1) is 0 Å². The average molecular weight is 295 g/mol. The number of hydrogen-bond acceptors (Lipinski definition) is 0. The second-order valence-corrected chi connectivity index (χ2v) is 3.53. The van der Waals surface area contributed by atoms with E-state index in [-0.39, 0.29) is 12.1 Å². The first-order valence-electron chi connectivity index (χ1n) is 4.52. The SMILES string of the molecule is FC(F)(F)C(c1cc[c]cc1)(C(F)(F)F)C(F)(F)F. The molecule has 1 aromatic rings. The second kappa shape index (κ2) is 4.31. The molecule has 0 fully saturated rings. The van der Waals surface area contributed by atoms with Gasteiger partial charge in [0.15, 0.2) is 0 Å². The van der Waals surface area contributed by atoms with Gasteiger partial charge in [-0.25, -0.2) is 0 Å². The largest absolute Gasteiger partial charge is 0.416 e. The lowest BCUT2D eigenvalue weighted by molar-refractivity contribution is -0.387. The van der Waals surface area contributed by atoms with Gasteiger partial charge in [0.1, 0.15) is 0 Å². The van der Waals surface area contributed by atoms with Crippen molar-refractivity contribution in [1.82, 2.24) is 0 Å². The van der Waals surface area contributed by atoms with E-state index in [1.165, 1.54) is 0 Å². The van der Waals surface area contributed by atoms with Gasteiger partial charge in [-0.05, 0) is 11.6 Å². The van der Waals surface area contributed by atoms with Crippen LogP contribution in [0.5, 0.6) is 0 Å². The van der Waals surface area contributed by atoms with Crippen molar-refractivity contribution >= 4 is 0 Å². The summed E-state index contributed by atoms with van der Waals surface area (Å²) >= 11 is 0. The molecule has 0 atom stereocenters. The molecule has 0 aliphatic rings. The van der Waals surface area contributed by atoms with Crippen molar-refractivity contribution in [2.75, 3.05) is 0 Å². The topological polar surface area (TPSA) is 0 Å². The minimum Gasteiger partial charge on any atom is -0.169 e. The van der Waals surface area contributed by atoms with Gasteiger partial charge in [0.05, 0.1) is 0 Å². The van der Waals surface area contributed by atoms with Crippen molar-refractivity contribution in [1.29, 1.82) is 0 Å². The van der Waals surface area contributed by atoms with Gasteiger partial charge in [-0.1, -0.05) is 24.3 Å². The Bertz CT molecular complexity index is 387. The van der Waals surface area contributed by atoms with Crippen LogP contribution in [0.3, 0.4) is 0 Å². The first-order valence-corrected chi connectivity index (χ1v) is 4.52. The molecule has 1 radical (unpaired) electrons. The highest BCUT2D eigenvalue weighted by Gasteiger charge is 2.84. The lowest BCUT2D eigenvalue weighted by Gasteiger charge is -2.38. The minimum absolute atomic E-state index is 0.0917. The molecule has 0 saturated heterocycles. The molecule has 0 bridgehead atoms. The predicted octanol–water partition coefficient (Wildman–Crippen LogP) is 4.41. The Morgan fingerprint density at radius 3 is 1.21 bits per heavy atom. The maximum Gasteiger partial charge on any atom is 0.416 e. The Morgan fingerprint density at radius 2 is 0.947 bits per heavy atom. The lowest BCUT2D eigenvalue weighted by Crippen LogP contribution is -2.63. The summed E-state index contributed by atoms with van der Waals surface area (Å²) in [4.78, 5) is 0. The maximum absolute atomic E-state index is 12.6. The van der Waals surface area contributed by atoms with Crippen molar-refractivity contribution < 1.29 is 39.5 Å². The quantitative estimate of drug-likeness (QED) is 0.673. The summed E-state index contributed by atoms with van der Waals surface area (Å²) in [5, 5.41) is 0. The zero-order valence-corrected chi connectivity index (χ0v) is 8.71. The molecule has 0 unspecified atom stereocenters. The highest BCUT2D eigenvalue weighted by molar-refractivity contribution is 5.32. The van der Waals surface area contributed by atoms with Gasteiger partial charge in [0.2, 0.25) is 0 Å². The van der Waals surface area contributed by atoms with Gasteiger partial charge in [0.25, 0.3) is 5.41 Å². The summed E-state index contributed by atoms with van der Waals surface area (Å²) in [6.07, 6.45) is -19.7. The molecule has 0 N–H and O–H groups in total. The molecule has 0 aliphatic heterocycles. The van der Waals surface area contributed by atoms with Crippen molar-refractivity contribution in [2.24, 2.45) is 0 Å². The fourth-order valence-electron chi connectivity index (χ4n) is 1.61. The van der Waals surface area contributed by atoms with E-state index in [1.807, 2.05) is 0 Å². The van der Waals surface area contributed by atoms with Crippen LogP contribution in [0.4, 0.5) is 39.5 Å². The molecule has 1 aromatic carbocycles. The smallest absolute Gasteiger partial charge is 0.169 e. The van der Waals surface area contributed by atoms with Gasteiger partial charge < -0.3 is 0 Å². The lowest BCUT2D eigenvalue weighted by atomic mass is 9.78. The van der Waals surface area contributed by atoms with Gasteiger partial charge in [-0.2, -0.15) is 39.5 Å². The highest BCUT2D eigenvalue weighted by atomic mass is 19.4. The van der Waals surface area contributed by atoms with E-state index in [2.05, 4.69) is 6.07 Å². The predicted molar refractivity (Wildman–Crippen MR) is 45.1 cm³/mol. The first kappa shape index (κ1) is 15.6. The maximum atomic E-state index is 12.6. The van der Waals surface area contributed by atoms with E-state index >= 15 is 0 Å². The van der Waals surface area contributed by atoms with E-state index in [4.69, 9.17) is 0 Å². The molecule has 0 nitrogen and oxygen atoms in total. The van der Waals surface area contributed by atoms with Crippen LogP contribution in [0.2, 0.25) is 0 Å². The molecule has 0 amide bonds. The molecule has 9 heteroatoms. The van der Waals surface area contributed by atoms with Gasteiger partial charge in [0, 0.05) is 0 Å². The minimum atomic E-state index is -6.58. The molecule has 19 heavy (non-hydrogen) atoms. The zero-order valence-electron chi connectivity index (χ0n) is 8.71. The molecule has 1 rings (SSSR count). The monoisotopic (exact) mass is 295 g/mol. The molecule has 0 aliphatic carbocycles. The first-order chi connectivity index (χ1) is 8.36. The third-order valence-corrected chi connectivity index (χ3v) is 2.43. The van der Waals surface area contributed by atoms with E-state index in [9.17, 15) is 39.5 Å². The Hall–Kier alpha value is -1.41. The van der Waals surface area contributed by atoms with E-state index in [1.54, 1.807) is 0 Å². The Kier molecular flexibility index (Phi) is 3.55. The number of rotatable bonds is 1. The number of halogens is 9. The molecule has 0 aromatic heterocycles. The van der Waals surface area contributed by atoms with Crippen molar-refractivity contribution in [3.05, 3.63) is 35.9 Å². The van der Waals surface area contributed by atoms with Crippen LogP contribution in [0.1, 0.15) is 5.56 Å². The van der Waals surface area contributed by atoms with Crippen molar-refractivity contribution in [3.63, 3.8) is 0 Å². The van der Waals surface area contributed by atoms with E-state index in [0.29, 0.717) is 12.1 Å². The van der Waals surface area contributed by atoms with Gasteiger partial charge in [-0.3, -0.25) is 0 Å². The van der Waals surface area contributed by atoms with Crippen LogP contribution in [-0.2, 0) is 5.41 Å². The van der Waals surface area contributed by atoms with Crippen LogP contribution in [0, 0.1) is 6.07 Å². The zero-order chi connectivity index (χ0) is 15.1. The Labute approximate surface area is 100 Å². The molecule has 107 valence electrons. The summed E-state index contributed by atoms with van der Waals surface area (Å²) in [6, 6.07) is 3.34. The van der Waals surface area contributed by atoms with Crippen LogP contribution in [0.25, 0.3) is 0 Å². The number of alkyl halides is 9. The van der Waals surface area contributed by atoms with E-state index in [0.717, 1.165) is 0 Å². The summed E-state index contributed by atoms with van der Waals surface area (Å²) in [6.45, 7) is 0. The van der Waals surface area contributed by atoms with Crippen LogP contribution < -0.4 is 0 Å². The summed E-state index contributed by atoms with van der Waals surface area (Å²) in [7, 11) is 0. The summed E-state index contributed by atoms with van der Waals surface area (Å²) in [5.41, 5.74) is -7.86. The third-order valence-electron chi connectivity index (χ3n) is 2.43. The Balaban J connectivity index is 3.76. The molecular weight excluding hydrogens is 291 g/mol. The molecular formula is C10H4F9. The summed E-state index contributed by atoms with van der Waals surface area (Å²) < 4.78 is 113. The normalized spacial score (nSPS) is 14.6. The number of hydrogen-bond donors (Lipinski definition) is 0. The van der Waals surface area contributed by atoms with Crippen molar-refractivity contribution in [3.8, 4) is 0 Å². The Morgan fingerprint density at radius 1 is 0.632 bits per heavy atom. The molecule has 0 heterocycles. The van der Waals surface area contributed by atoms with Crippen LogP contribution in [0.15, 0.2) is 24.3 Å². The fourth-order valence-corrected chi connectivity index (χ4v) is 1.61. The molecule has 0 spiro atoms. The standard InChI is InChI=1S/C10H4F9/c11-8(12,13)7(9(14,15)16,10(17,18)19)6-4-2-1-3-5-6/h2-5H. The third kappa shape index (κ3) is 2.25. The van der Waals surface area contributed by atoms with Crippen LogP contribution >= 0.6 is 0 Å². The highest BCUT2D eigenvalue weighted by Crippen LogP contribution is 2.60. The second-order valence-electron chi connectivity index (χ2n) is 3.53. The summed E-state index contributed by atoms with van der Waals surface area (Å²) in [5.74, 6) is 0. The fraction of sp³-hybridized carbons (Fsp3) is 0.400. The van der Waals surface area contributed by atoms with Crippen molar-refractivity contribution in [2.45, 2.75) is 23.9 Å². The number of benzene rings is 1.